The van der Waals surface area contributed by atoms with Crippen LogP contribution >= 0.6 is 0 Å². The van der Waals surface area contributed by atoms with Gasteiger partial charge in [0.15, 0.2) is 6.10 Å². The third kappa shape index (κ3) is 2.92. The summed E-state index contributed by atoms with van der Waals surface area (Å²) < 4.78 is 5.49. The molecule has 1 aromatic carbocycles. The van der Waals surface area contributed by atoms with E-state index in [1.807, 2.05) is 13.8 Å². The summed E-state index contributed by atoms with van der Waals surface area (Å²) in [5.74, 6) is 0.298. The van der Waals surface area contributed by atoms with Crippen LogP contribution in [0.15, 0.2) is 18.2 Å². The Labute approximate surface area is 130 Å². The first kappa shape index (κ1) is 16.3. The first-order chi connectivity index (χ1) is 10.5. The van der Waals surface area contributed by atoms with Crippen molar-refractivity contribution in [2.24, 2.45) is 11.1 Å². The summed E-state index contributed by atoms with van der Waals surface area (Å²) in [5.41, 5.74) is 6.40. The van der Waals surface area contributed by atoms with Gasteiger partial charge in [-0.15, -0.1) is 0 Å². The predicted octanol–water partition coefficient (Wildman–Crippen LogP) is 2.11. The van der Waals surface area contributed by atoms with Crippen LogP contribution in [0.3, 0.4) is 0 Å². The predicted molar refractivity (Wildman–Crippen MR) is 85.9 cm³/mol. The summed E-state index contributed by atoms with van der Waals surface area (Å²) in [6, 6.07) is 5.19. The molecular weight excluding hydrogens is 282 g/mol. The Hall–Kier alpha value is -2.08. The molecule has 22 heavy (non-hydrogen) atoms. The van der Waals surface area contributed by atoms with Crippen LogP contribution in [0.25, 0.3) is 0 Å². The maximum Gasteiger partial charge on any atom is 0.265 e. The number of nitrogens with two attached hydrogens (primary N) is 1. The molecular formula is C16H23N3O3. The Morgan fingerprint density at radius 3 is 2.68 bits per heavy atom. The number of nitrogens with one attached hydrogen (secondary N) is 2. The molecule has 1 aliphatic rings. The van der Waals surface area contributed by atoms with E-state index in [1.54, 1.807) is 25.1 Å². The van der Waals surface area contributed by atoms with Gasteiger partial charge in [0.25, 0.3) is 5.91 Å². The van der Waals surface area contributed by atoms with Crippen LogP contribution in [0.1, 0.15) is 33.6 Å². The highest BCUT2D eigenvalue weighted by Crippen LogP contribution is 2.33. The summed E-state index contributed by atoms with van der Waals surface area (Å²) in [5, 5.41) is 5.65. The molecule has 0 saturated heterocycles. The van der Waals surface area contributed by atoms with E-state index < -0.39 is 11.5 Å². The topological polar surface area (TPSA) is 93.5 Å². The second-order valence-corrected chi connectivity index (χ2v) is 5.61. The highest BCUT2D eigenvalue weighted by atomic mass is 16.5. The Morgan fingerprint density at radius 2 is 2.09 bits per heavy atom. The van der Waals surface area contributed by atoms with Crippen molar-refractivity contribution in [3.8, 4) is 5.75 Å². The lowest BCUT2D eigenvalue weighted by atomic mass is 9.81. The van der Waals surface area contributed by atoms with Crippen molar-refractivity contribution in [3.63, 3.8) is 0 Å². The quantitative estimate of drug-likeness (QED) is 0.776. The van der Waals surface area contributed by atoms with E-state index in [0.29, 0.717) is 36.5 Å². The molecule has 0 saturated carbocycles. The number of fused-ring (bicyclic) bond motifs is 1. The molecule has 1 aromatic rings. The smallest absolute Gasteiger partial charge is 0.265 e. The number of anilines is 2. The summed E-state index contributed by atoms with van der Waals surface area (Å²) in [6.45, 7) is 5.90. The van der Waals surface area contributed by atoms with Crippen molar-refractivity contribution in [3.05, 3.63) is 18.2 Å². The van der Waals surface area contributed by atoms with E-state index in [-0.39, 0.29) is 11.8 Å². The van der Waals surface area contributed by atoms with Gasteiger partial charge in [-0.3, -0.25) is 9.59 Å². The molecule has 0 radical (unpaired) electrons. The average molecular weight is 305 g/mol. The number of rotatable bonds is 5. The normalized spacial score (nSPS) is 17.3. The lowest BCUT2D eigenvalue weighted by Crippen LogP contribution is -2.41. The lowest BCUT2D eigenvalue weighted by molar-refractivity contribution is -0.125. The van der Waals surface area contributed by atoms with Gasteiger partial charge in [0, 0.05) is 12.2 Å². The standard InChI is InChI=1S/C16H23N3O3/c1-4-16(5-2,9-17)15(21)18-11-6-7-13-12(8-11)19-14(20)10(3)22-13/h6-8,10H,4-5,9,17H2,1-3H3,(H,18,21)(H,19,20). The van der Waals surface area contributed by atoms with Gasteiger partial charge in [0.1, 0.15) is 5.75 Å². The Kier molecular flexibility index (Phi) is 4.71. The number of benzene rings is 1. The van der Waals surface area contributed by atoms with Crippen LogP contribution < -0.4 is 21.1 Å². The van der Waals surface area contributed by atoms with Gasteiger partial charge in [-0.1, -0.05) is 13.8 Å². The van der Waals surface area contributed by atoms with Crippen molar-refractivity contribution < 1.29 is 14.3 Å². The molecule has 1 unspecified atom stereocenters. The minimum atomic E-state index is -0.565. The van der Waals surface area contributed by atoms with E-state index in [9.17, 15) is 9.59 Å². The summed E-state index contributed by atoms with van der Waals surface area (Å²) >= 11 is 0. The maximum atomic E-state index is 12.5. The van der Waals surface area contributed by atoms with Crippen LogP contribution in [0.2, 0.25) is 0 Å². The fraction of sp³-hybridized carbons (Fsp3) is 0.500. The molecule has 120 valence electrons. The van der Waals surface area contributed by atoms with Gasteiger partial charge in [-0.05, 0) is 38.0 Å². The lowest BCUT2D eigenvalue weighted by Gasteiger charge is -2.29. The van der Waals surface area contributed by atoms with Gasteiger partial charge in [-0.25, -0.2) is 0 Å². The maximum absolute atomic E-state index is 12.5. The Bertz CT molecular complexity index is 574. The number of amides is 2. The molecule has 1 aliphatic heterocycles. The van der Waals surface area contributed by atoms with Crippen LogP contribution in [0.4, 0.5) is 11.4 Å². The third-order valence-electron chi connectivity index (χ3n) is 4.39. The molecule has 0 aliphatic carbocycles. The first-order valence-electron chi connectivity index (χ1n) is 7.59. The molecule has 0 spiro atoms. The zero-order valence-electron chi connectivity index (χ0n) is 13.2. The van der Waals surface area contributed by atoms with Crippen molar-refractivity contribution >= 4 is 23.2 Å². The average Bonchev–Trinajstić information content (AvgIpc) is 2.51. The van der Waals surface area contributed by atoms with E-state index in [2.05, 4.69) is 10.6 Å². The van der Waals surface area contributed by atoms with E-state index >= 15 is 0 Å². The van der Waals surface area contributed by atoms with Gasteiger partial charge >= 0.3 is 0 Å². The number of carbonyl (C=O) groups is 2. The molecule has 2 amide bonds. The Morgan fingerprint density at radius 1 is 1.41 bits per heavy atom. The molecule has 6 heteroatoms. The number of carbonyl (C=O) groups excluding carboxylic acids is 2. The van der Waals surface area contributed by atoms with Crippen molar-refractivity contribution in [1.29, 1.82) is 0 Å². The highest BCUT2D eigenvalue weighted by Gasteiger charge is 2.33. The number of hydrogen-bond donors (Lipinski definition) is 3. The zero-order valence-corrected chi connectivity index (χ0v) is 13.2. The van der Waals surface area contributed by atoms with Crippen molar-refractivity contribution in [2.75, 3.05) is 17.2 Å². The van der Waals surface area contributed by atoms with Crippen LogP contribution in [-0.4, -0.2) is 24.5 Å². The number of hydrogen-bond acceptors (Lipinski definition) is 4. The fourth-order valence-electron chi connectivity index (χ4n) is 2.50. The van der Waals surface area contributed by atoms with E-state index in [4.69, 9.17) is 10.5 Å². The summed E-state index contributed by atoms with van der Waals surface area (Å²) in [6.07, 6.45) is 0.834. The molecule has 0 aromatic heterocycles. The second-order valence-electron chi connectivity index (χ2n) is 5.61. The Balaban J connectivity index is 2.20. The summed E-state index contributed by atoms with van der Waals surface area (Å²) in [4.78, 5) is 24.2. The van der Waals surface area contributed by atoms with Crippen LogP contribution in [-0.2, 0) is 9.59 Å². The van der Waals surface area contributed by atoms with E-state index in [1.165, 1.54) is 0 Å². The molecule has 4 N–H and O–H groups in total. The summed E-state index contributed by atoms with van der Waals surface area (Å²) in [7, 11) is 0. The van der Waals surface area contributed by atoms with Gasteiger partial charge < -0.3 is 21.1 Å². The van der Waals surface area contributed by atoms with E-state index in [0.717, 1.165) is 0 Å². The largest absolute Gasteiger partial charge is 0.479 e. The SMILES string of the molecule is CCC(CC)(CN)C(=O)Nc1ccc2c(c1)NC(=O)C(C)O2. The third-order valence-corrected chi connectivity index (χ3v) is 4.39. The first-order valence-corrected chi connectivity index (χ1v) is 7.59. The van der Waals surface area contributed by atoms with Gasteiger partial charge in [-0.2, -0.15) is 0 Å². The van der Waals surface area contributed by atoms with Gasteiger partial charge in [0.05, 0.1) is 11.1 Å². The van der Waals surface area contributed by atoms with Crippen LogP contribution in [0, 0.1) is 5.41 Å². The number of ether oxygens (including phenoxy) is 1. The fourth-order valence-corrected chi connectivity index (χ4v) is 2.50. The molecule has 0 fully saturated rings. The molecule has 2 rings (SSSR count). The van der Waals surface area contributed by atoms with Crippen LogP contribution in [0.5, 0.6) is 5.75 Å². The van der Waals surface area contributed by atoms with Gasteiger partial charge in [0.2, 0.25) is 5.91 Å². The monoisotopic (exact) mass is 305 g/mol. The minimum Gasteiger partial charge on any atom is -0.479 e. The highest BCUT2D eigenvalue weighted by molar-refractivity contribution is 6.00. The molecule has 1 heterocycles. The minimum absolute atomic E-state index is 0.101. The zero-order chi connectivity index (χ0) is 16.3. The second kappa shape index (κ2) is 6.36. The molecule has 6 nitrogen and oxygen atoms in total. The van der Waals surface area contributed by atoms with Crippen molar-refractivity contribution in [2.45, 2.75) is 39.7 Å². The molecule has 1 atom stereocenters. The molecule has 0 bridgehead atoms. The van der Waals surface area contributed by atoms with Crippen molar-refractivity contribution in [1.82, 2.24) is 0 Å².